The van der Waals surface area contributed by atoms with Crippen molar-refractivity contribution in [3.63, 3.8) is 0 Å². The van der Waals surface area contributed by atoms with Crippen molar-refractivity contribution in [2.75, 3.05) is 6.54 Å². The van der Waals surface area contributed by atoms with E-state index in [0.717, 1.165) is 5.06 Å². The zero-order valence-corrected chi connectivity index (χ0v) is 9.83. The molecule has 2 heterocycles. The van der Waals surface area contributed by atoms with Gasteiger partial charge in [-0.3, -0.25) is 4.79 Å². The van der Waals surface area contributed by atoms with E-state index >= 15 is 0 Å². The van der Waals surface area contributed by atoms with Crippen LogP contribution in [0.25, 0.3) is 0 Å². The van der Waals surface area contributed by atoms with E-state index in [1.807, 2.05) is 0 Å². The second-order valence-corrected chi connectivity index (χ2v) is 3.82. The number of carboxylic acids is 1. The number of carboxylic acid groups (broad SMARTS) is 1. The van der Waals surface area contributed by atoms with Gasteiger partial charge in [0.05, 0.1) is 11.9 Å². The highest BCUT2D eigenvalue weighted by atomic mass is 16.8. The summed E-state index contributed by atoms with van der Waals surface area (Å²) in [5.74, 6) is -1.06. The summed E-state index contributed by atoms with van der Waals surface area (Å²) in [7, 11) is 0. The Bertz CT molecular complexity index is 496. The van der Waals surface area contributed by atoms with Gasteiger partial charge in [-0.15, -0.1) is 0 Å². The lowest BCUT2D eigenvalue weighted by molar-refractivity contribution is -0.465. The van der Waals surface area contributed by atoms with Crippen LogP contribution in [-0.2, 0) is 9.73 Å². The van der Waals surface area contributed by atoms with Gasteiger partial charge in [-0.1, -0.05) is 4.94 Å². The molecule has 0 aromatic rings. The Morgan fingerprint density at radius 2 is 2.37 bits per heavy atom. The fourth-order valence-electron chi connectivity index (χ4n) is 1.66. The average Bonchev–Trinajstić information content (AvgIpc) is 2.83. The minimum atomic E-state index is -0.860. The van der Waals surface area contributed by atoms with Gasteiger partial charge in [-0.25, -0.2) is 5.48 Å². The smallest absolute Gasteiger partial charge is 0.355 e. The minimum Gasteiger partial charge on any atom is -0.481 e. The topological polar surface area (TPSA) is 117 Å². The van der Waals surface area contributed by atoms with E-state index in [9.17, 15) is 14.9 Å². The summed E-state index contributed by atoms with van der Waals surface area (Å²) in [6, 6.07) is 0. The third-order valence-corrected chi connectivity index (χ3v) is 2.51. The molecule has 0 radical (unpaired) electrons. The summed E-state index contributed by atoms with van der Waals surface area (Å²) >= 11 is 0. The van der Waals surface area contributed by atoms with Crippen LogP contribution in [0.4, 0.5) is 0 Å². The van der Waals surface area contributed by atoms with Crippen LogP contribution in [0, 0.1) is 10.1 Å². The van der Waals surface area contributed by atoms with E-state index in [1.165, 1.54) is 12.3 Å². The van der Waals surface area contributed by atoms with Crippen LogP contribution < -0.4 is 10.8 Å². The SMILES string of the molecule is O=C(O)CCCNC1=CC=C([N+](=O)[O-])N2ONC=C12. The first-order valence-electron chi connectivity index (χ1n) is 5.55. The second kappa shape index (κ2) is 5.40. The van der Waals surface area contributed by atoms with Crippen LogP contribution in [0.5, 0.6) is 0 Å². The molecule has 2 rings (SSSR count). The van der Waals surface area contributed by atoms with Gasteiger partial charge in [-0.05, 0) is 22.5 Å². The largest absolute Gasteiger partial charge is 0.481 e. The van der Waals surface area contributed by atoms with Gasteiger partial charge < -0.3 is 20.5 Å². The van der Waals surface area contributed by atoms with Crippen LogP contribution in [-0.4, -0.2) is 27.6 Å². The highest BCUT2D eigenvalue weighted by Crippen LogP contribution is 2.26. The van der Waals surface area contributed by atoms with Gasteiger partial charge >= 0.3 is 11.8 Å². The summed E-state index contributed by atoms with van der Waals surface area (Å²) in [5, 5.41) is 23.4. The number of rotatable bonds is 6. The van der Waals surface area contributed by atoms with E-state index in [4.69, 9.17) is 10.0 Å². The highest BCUT2D eigenvalue weighted by Gasteiger charge is 2.36. The molecule has 0 spiro atoms. The molecular weight excluding hydrogens is 256 g/mol. The van der Waals surface area contributed by atoms with Crippen LogP contribution in [0.3, 0.4) is 0 Å². The Balaban J connectivity index is 2.00. The highest BCUT2D eigenvalue weighted by molar-refractivity contribution is 5.66. The number of fused-ring (bicyclic) bond motifs is 1. The number of hydrogen-bond donors (Lipinski definition) is 3. The first-order chi connectivity index (χ1) is 9.09. The maximum Gasteiger partial charge on any atom is 0.355 e. The van der Waals surface area contributed by atoms with Crippen molar-refractivity contribution in [3.8, 4) is 0 Å². The number of hydroxylamine groups is 3. The van der Waals surface area contributed by atoms with E-state index in [1.54, 1.807) is 6.08 Å². The third kappa shape index (κ3) is 2.83. The Labute approximate surface area is 107 Å². The molecule has 0 atom stereocenters. The fraction of sp³-hybridized carbons (Fsp3) is 0.300. The van der Waals surface area contributed by atoms with Gasteiger partial charge in [-0.2, -0.15) is 0 Å². The van der Waals surface area contributed by atoms with Gasteiger partial charge in [0.15, 0.2) is 0 Å². The van der Waals surface area contributed by atoms with E-state index in [0.29, 0.717) is 24.4 Å². The molecule has 9 heteroatoms. The Hall–Kier alpha value is -2.55. The van der Waals surface area contributed by atoms with Gasteiger partial charge in [0, 0.05) is 19.0 Å². The van der Waals surface area contributed by atoms with Crippen LogP contribution in [0.2, 0.25) is 0 Å². The molecule has 19 heavy (non-hydrogen) atoms. The summed E-state index contributed by atoms with van der Waals surface area (Å²) in [6.07, 6.45) is 4.86. The molecule has 0 aliphatic carbocycles. The van der Waals surface area contributed by atoms with Crippen LogP contribution in [0.1, 0.15) is 12.8 Å². The van der Waals surface area contributed by atoms with Crippen molar-refractivity contribution in [1.29, 1.82) is 0 Å². The quantitative estimate of drug-likeness (QED) is 0.351. The lowest BCUT2D eigenvalue weighted by Gasteiger charge is -2.18. The zero-order chi connectivity index (χ0) is 13.8. The second-order valence-electron chi connectivity index (χ2n) is 3.82. The lowest BCUT2D eigenvalue weighted by Crippen LogP contribution is -2.31. The molecule has 0 aromatic heterocycles. The average molecular weight is 268 g/mol. The number of nitrogens with zero attached hydrogens (tertiary/aromatic N) is 2. The first-order valence-corrected chi connectivity index (χ1v) is 5.55. The van der Waals surface area contributed by atoms with Gasteiger partial charge in [0.1, 0.15) is 0 Å². The van der Waals surface area contributed by atoms with Crippen molar-refractivity contribution in [2.24, 2.45) is 0 Å². The Morgan fingerprint density at radius 3 is 3.05 bits per heavy atom. The van der Waals surface area contributed by atoms with Crippen molar-refractivity contribution in [1.82, 2.24) is 15.9 Å². The maximum atomic E-state index is 10.8. The first kappa shape index (κ1) is 12.9. The van der Waals surface area contributed by atoms with E-state index in [-0.39, 0.29) is 12.2 Å². The number of aliphatic carboxylic acids is 1. The fourth-order valence-corrected chi connectivity index (χ4v) is 1.66. The molecular formula is C10H12N4O5. The molecule has 102 valence electrons. The van der Waals surface area contributed by atoms with Crippen molar-refractivity contribution < 1.29 is 19.8 Å². The summed E-state index contributed by atoms with van der Waals surface area (Å²) in [6.45, 7) is 0.449. The molecule has 2 aliphatic rings. The van der Waals surface area contributed by atoms with Gasteiger partial charge in [0.2, 0.25) is 5.70 Å². The molecule has 9 nitrogen and oxygen atoms in total. The zero-order valence-electron chi connectivity index (χ0n) is 9.83. The van der Waals surface area contributed by atoms with E-state index in [2.05, 4.69) is 10.8 Å². The summed E-state index contributed by atoms with van der Waals surface area (Å²) in [5.41, 5.74) is 3.53. The number of hydrogen-bond acceptors (Lipinski definition) is 7. The van der Waals surface area contributed by atoms with Crippen LogP contribution >= 0.6 is 0 Å². The molecule has 0 fully saturated rings. The monoisotopic (exact) mass is 268 g/mol. The Kier molecular flexibility index (Phi) is 3.66. The molecule has 0 saturated carbocycles. The predicted octanol–water partition coefficient (Wildman–Crippen LogP) is 0.0496. The number of nitrogens with one attached hydrogen (secondary N) is 2. The molecule has 2 aliphatic heterocycles. The minimum absolute atomic E-state index is 0.0633. The molecule has 0 unspecified atom stereocenters. The molecule has 0 amide bonds. The molecule has 0 saturated heterocycles. The maximum absolute atomic E-state index is 10.8. The number of allylic oxidation sites excluding steroid dienone is 2. The summed E-state index contributed by atoms with van der Waals surface area (Å²) in [4.78, 5) is 25.5. The molecule has 0 bridgehead atoms. The number of carbonyl (C=O) groups is 1. The molecule has 0 aromatic carbocycles. The lowest BCUT2D eigenvalue weighted by atomic mass is 10.2. The summed E-state index contributed by atoms with van der Waals surface area (Å²) < 4.78 is 0. The van der Waals surface area contributed by atoms with Crippen LogP contribution in [0.15, 0.2) is 35.6 Å². The standard InChI is InChI=1S/C10H12N4O5/c15-10(16)2-1-5-11-7-3-4-9(14(17)18)13-8(7)6-12-19-13/h3-4,6,11-12H,1-2,5H2,(H,15,16). The van der Waals surface area contributed by atoms with Crippen molar-refractivity contribution in [3.05, 3.63) is 45.7 Å². The normalized spacial score (nSPS) is 16.8. The van der Waals surface area contributed by atoms with Crippen molar-refractivity contribution >= 4 is 5.97 Å². The third-order valence-electron chi connectivity index (χ3n) is 2.51. The Morgan fingerprint density at radius 1 is 1.58 bits per heavy atom. The van der Waals surface area contributed by atoms with E-state index < -0.39 is 10.9 Å². The molecule has 3 N–H and O–H groups in total. The van der Waals surface area contributed by atoms with Gasteiger partial charge in [0.25, 0.3) is 0 Å². The predicted molar refractivity (Wildman–Crippen MR) is 62.2 cm³/mol. The van der Waals surface area contributed by atoms with Crippen molar-refractivity contribution in [2.45, 2.75) is 12.8 Å². The number of nitro groups is 1.